The molecule has 2 saturated heterocycles. The Labute approximate surface area is 114 Å². The van der Waals surface area contributed by atoms with E-state index in [1.54, 1.807) is 0 Å². The average molecular weight is 264 g/mol. The first-order valence-corrected chi connectivity index (χ1v) is 7.80. The number of hydrogen-bond donors (Lipinski definition) is 1. The SMILES string of the molecule is O=C1CCC(CN2CCCC2C2CCCCC2=O)N1. The Hall–Kier alpha value is -0.900. The highest BCUT2D eigenvalue weighted by atomic mass is 16.2. The molecule has 2 aliphatic heterocycles. The van der Waals surface area contributed by atoms with Crippen LogP contribution < -0.4 is 5.32 Å². The van der Waals surface area contributed by atoms with Crippen molar-refractivity contribution in [2.75, 3.05) is 13.1 Å². The summed E-state index contributed by atoms with van der Waals surface area (Å²) in [6.45, 7) is 2.04. The van der Waals surface area contributed by atoms with E-state index in [-0.39, 0.29) is 11.8 Å². The molecule has 106 valence electrons. The Morgan fingerprint density at radius 3 is 2.68 bits per heavy atom. The van der Waals surface area contributed by atoms with Gasteiger partial charge in [0.05, 0.1) is 0 Å². The third kappa shape index (κ3) is 2.83. The van der Waals surface area contributed by atoms with E-state index in [4.69, 9.17) is 0 Å². The maximum atomic E-state index is 12.1. The molecule has 1 aliphatic carbocycles. The van der Waals surface area contributed by atoms with Gasteiger partial charge in [0, 0.05) is 37.4 Å². The van der Waals surface area contributed by atoms with Crippen molar-refractivity contribution in [1.82, 2.24) is 10.2 Å². The highest BCUT2D eigenvalue weighted by Gasteiger charge is 2.38. The molecule has 4 nitrogen and oxygen atoms in total. The van der Waals surface area contributed by atoms with E-state index in [2.05, 4.69) is 10.2 Å². The molecule has 0 aromatic carbocycles. The molecule has 19 heavy (non-hydrogen) atoms. The van der Waals surface area contributed by atoms with Crippen LogP contribution in [-0.4, -0.2) is 41.8 Å². The molecule has 0 bridgehead atoms. The smallest absolute Gasteiger partial charge is 0.220 e. The minimum absolute atomic E-state index is 0.189. The van der Waals surface area contributed by atoms with Gasteiger partial charge in [-0.1, -0.05) is 6.42 Å². The van der Waals surface area contributed by atoms with Gasteiger partial charge in [-0.2, -0.15) is 0 Å². The Balaban J connectivity index is 1.60. The molecule has 3 unspecified atom stereocenters. The first kappa shape index (κ1) is 13.1. The lowest BCUT2D eigenvalue weighted by Gasteiger charge is -2.34. The van der Waals surface area contributed by atoms with Gasteiger partial charge in [0.2, 0.25) is 5.91 Å². The largest absolute Gasteiger partial charge is 0.352 e. The first-order chi connectivity index (χ1) is 9.24. The minimum atomic E-state index is 0.189. The van der Waals surface area contributed by atoms with E-state index in [1.165, 1.54) is 12.8 Å². The number of likely N-dealkylation sites (tertiary alicyclic amines) is 1. The van der Waals surface area contributed by atoms with Crippen LogP contribution in [0.5, 0.6) is 0 Å². The molecule has 1 amide bonds. The number of carbonyl (C=O) groups excluding carboxylic acids is 2. The molecule has 2 heterocycles. The van der Waals surface area contributed by atoms with Crippen molar-refractivity contribution >= 4 is 11.7 Å². The summed E-state index contributed by atoms with van der Waals surface area (Å²) in [5.74, 6) is 0.946. The second-order valence-corrected chi connectivity index (χ2v) is 6.33. The van der Waals surface area contributed by atoms with Gasteiger partial charge in [-0.25, -0.2) is 0 Å². The summed E-state index contributed by atoms with van der Waals surface area (Å²) in [6, 6.07) is 0.761. The predicted molar refractivity (Wildman–Crippen MR) is 72.7 cm³/mol. The lowest BCUT2D eigenvalue weighted by molar-refractivity contribution is -0.126. The Kier molecular flexibility index (Phi) is 3.87. The fourth-order valence-electron chi connectivity index (χ4n) is 4.05. The zero-order valence-corrected chi connectivity index (χ0v) is 11.6. The molecule has 0 aromatic rings. The zero-order chi connectivity index (χ0) is 13.2. The van der Waals surface area contributed by atoms with Gasteiger partial charge in [-0.05, 0) is 38.6 Å². The van der Waals surface area contributed by atoms with Crippen molar-refractivity contribution in [2.24, 2.45) is 5.92 Å². The topological polar surface area (TPSA) is 49.4 Å². The third-order valence-electron chi connectivity index (χ3n) is 5.02. The molecule has 3 aliphatic rings. The van der Waals surface area contributed by atoms with E-state index in [9.17, 15) is 9.59 Å². The van der Waals surface area contributed by atoms with Crippen LogP contribution in [0.4, 0.5) is 0 Å². The molecule has 3 fully saturated rings. The highest BCUT2D eigenvalue weighted by Crippen LogP contribution is 2.32. The van der Waals surface area contributed by atoms with Crippen LogP contribution in [0, 0.1) is 5.92 Å². The first-order valence-electron chi connectivity index (χ1n) is 7.80. The van der Waals surface area contributed by atoms with Crippen LogP contribution in [0.25, 0.3) is 0 Å². The Bertz CT molecular complexity index is 369. The molecule has 0 aromatic heterocycles. The molecular formula is C15H24N2O2. The van der Waals surface area contributed by atoms with E-state index in [0.29, 0.717) is 24.3 Å². The summed E-state index contributed by atoms with van der Waals surface area (Å²) in [5.41, 5.74) is 0. The number of ketones is 1. The van der Waals surface area contributed by atoms with Gasteiger partial charge in [-0.15, -0.1) is 0 Å². The van der Waals surface area contributed by atoms with E-state index in [0.717, 1.165) is 45.2 Å². The summed E-state index contributed by atoms with van der Waals surface area (Å²) in [5, 5.41) is 3.05. The van der Waals surface area contributed by atoms with Gasteiger partial charge in [0.25, 0.3) is 0 Å². The number of rotatable bonds is 3. The quantitative estimate of drug-likeness (QED) is 0.840. The number of carbonyl (C=O) groups is 2. The van der Waals surface area contributed by atoms with E-state index in [1.807, 2.05) is 0 Å². The number of nitrogens with one attached hydrogen (secondary N) is 1. The Morgan fingerprint density at radius 2 is 1.95 bits per heavy atom. The molecule has 3 rings (SSSR count). The van der Waals surface area contributed by atoms with Crippen LogP contribution >= 0.6 is 0 Å². The van der Waals surface area contributed by atoms with Crippen LogP contribution in [0.15, 0.2) is 0 Å². The molecule has 1 saturated carbocycles. The lowest BCUT2D eigenvalue weighted by Crippen LogP contribution is -2.46. The van der Waals surface area contributed by atoms with Crippen molar-refractivity contribution < 1.29 is 9.59 Å². The molecule has 1 N–H and O–H groups in total. The van der Waals surface area contributed by atoms with Crippen molar-refractivity contribution in [3.8, 4) is 0 Å². The fraction of sp³-hybridized carbons (Fsp3) is 0.867. The monoisotopic (exact) mass is 264 g/mol. The second kappa shape index (κ2) is 5.61. The van der Waals surface area contributed by atoms with E-state index < -0.39 is 0 Å². The van der Waals surface area contributed by atoms with Crippen LogP contribution in [0.1, 0.15) is 51.4 Å². The molecule has 0 spiro atoms. The summed E-state index contributed by atoms with van der Waals surface area (Å²) < 4.78 is 0. The number of amides is 1. The second-order valence-electron chi connectivity index (χ2n) is 6.33. The normalized spacial score (nSPS) is 36.7. The van der Waals surface area contributed by atoms with Crippen molar-refractivity contribution in [2.45, 2.75) is 63.5 Å². The minimum Gasteiger partial charge on any atom is -0.352 e. The summed E-state index contributed by atoms with van der Waals surface area (Å²) in [6.07, 6.45) is 8.16. The lowest BCUT2D eigenvalue weighted by atomic mass is 9.81. The number of hydrogen-bond acceptors (Lipinski definition) is 3. The van der Waals surface area contributed by atoms with Gasteiger partial charge < -0.3 is 5.32 Å². The fourth-order valence-corrected chi connectivity index (χ4v) is 4.05. The average Bonchev–Trinajstić information content (AvgIpc) is 3.00. The number of Topliss-reactive ketones (excluding diaryl/α,β-unsaturated/α-hetero) is 1. The predicted octanol–water partition coefficient (Wildman–Crippen LogP) is 1.49. The molecule has 4 heteroatoms. The third-order valence-corrected chi connectivity index (χ3v) is 5.02. The standard InChI is InChI=1S/C15H24N2O2/c18-14-6-2-1-4-12(14)13-5-3-9-17(13)10-11-7-8-15(19)16-11/h11-13H,1-10H2,(H,16,19). The van der Waals surface area contributed by atoms with Gasteiger partial charge in [0.1, 0.15) is 5.78 Å². The maximum absolute atomic E-state index is 12.1. The molecule has 3 atom stereocenters. The summed E-state index contributed by atoms with van der Waals surface area (Å²) in [7, 11) is 0. The summed E-state index contributed by atoms with van der Waals surface area (Å²) in [4.78, 5) is 25.9. The van der Waals surface area contributed by atoms with Gasteiger partial charge in [0.15, 0.2) is 0 Å². The molecular weight excluding hydrogens is 240 g/mol. The van der Waals surface area contributed by atoms with Crippen molar-refractivity contribution in [3.63, 3.8) is 0 Å². The molecule has 0 radical (unpaired) electrons. The summed E-state index contributed by atoms with van der Waals surface area (Å²) >= 11 is 0. The van der Waals surface area contributed by atoms with Crippen LogP contribution in [-0.2, 0) is 9.59 Å². The van der Waals surface area contributed by atoms with Crippen LogP contribution in [0.2, 0.25) is 0 Å². The van der Waals surface area contributed by atoms with Crippen LogP contribution in [0.3, 0.4) is 0 Å². The Morgan fingerprint density at radius 1 is 1.05 bits per heavy atom. The highest BCUT2D eigenvalue weighted by molar-refractivity contribution is 5.82. The van der Waals surface area contributed by atoms with Gasteiger partial charge in [-0.3, -0.25) is 14.5 Å². The van der Waals surface area contributed by atoms with Crippen molar-refractivity contribution in [1.29, 1.82) is 0 Å². The maximum Gasteiger partial charge on any atom is 0.220 e. The van der Waals surface area contributed by atoms with Crippen molar-refractivity contribution in [3.05, 3.63) is 0 Å². The van der Waals surface area contributed by atoms with E-state index >= 15 is 0 Å². The van der Waals surface area contributed by atoms with Gasteiger partial charge >= 0.3 is 0 Å². The zero-order valence-electron chi connectivity index (χ0n) is 11.6. The number of nitrogens with zero attached hydrogens (tertiary/aromatic N) is 1.